The molecule has 1 atom stereocenters. The molecule has 0 radical (unpaired) electrons. The van der Waals surface area contributed by atoms with Crippen LogP contribution in [0.1, 0.15) is 31.7 Å². The van der Waals surface area contributed by atoms with E-state index in [0.717, 1.165) is 24.5 Å². The van der Waals surface area contributed by atoms with Crippen LogP contribution in [0.5, 0.6) is 5.75 Å². The van der Waals surface area contributed by atoms with Crippen molar-refractivity contribution >= 4 is 5.82 Å². The molecular formula is C17H22N2O. The Hall–Kier alpha value is -2.03. The number of pyridine rings is 1. The van der Waals surface area contributed by atoms with Crippen LogP contribution in [0, 0.1) is 0 Å². The molecule has 0 amide bonds. The molecule has 2 rings (SSSR count). The van der Waals surface area contributed by atoms with Crippen molar-refractivity contribution < 1.29 is 4.74 Å². The SMILES string of the molecule is CCOc1cccnc1NCCC(C)c1ccccc1. The molecule has 0 aliphatic carbocycles. The van der Waals surface area contributed by atoms with Crippen molar-refractivity contribution in [1.29, 1.82) is 0 Å². The second-order valence-corrected chi connectivity index (χ2v) is 4.81. The molecular weight excluding hydrogens is 248 g/mol. The van der Waals surface area contributed by atoms with E-state index in [4.69, 9.17) is 4.74 Å². The summed E-state index contributed by atoms with van der Waals surface area (Å²) in [5.74, 6) is 2.18. The molecule has 0 saturated carbocycles. The quantitative estimate of drug-likeness (QED) is 0.823. The molecule has 0 aliphatic heterocycles. The molecule has 0 saturated heterocycles. The highest BCUT2D eigenvalue weighted by atomic mass is 16.5. The van der Waals surface area contributed by atoms with E-state index in [9.17, 15) is 0 Å². The van der Waals surface area contributed by atoms with E-state index in [1.165, 1.54) is 5.56 Å². The largest absolute Gasteiger partial charge is 0.490 e. The Morgan fingerprint density at radius 2 is 1.95 bits per heavy atom. The standard InChI is InChI=1S/C17H22N2O/c1-3-20-16-10-7-12-18-17(16)19-13-11-14(2)15-8-5-4-6-9-15/h4-10,12,14H,3,11,13H2,1-2H3,(H,18,19). The van der Waals surface area contributed by atoms with Gasteiger partial charge in [0.15, 0.2) is 11.6 Å². The first-order chi connectivity index (χ1) is 9.81. The Labute approximate surface area is 121 Å². The Morgan fingerprint density at radius 3 is 2.70 bits per heavy atom. The first-order valence-electron chi connectivity index (χ1n) is 7.18. The molecule has 1 heterocycles. The molecule has 0 fully saturated rings. The van der Waals surface area contributed by atoms with Crippen molar-refractivity contribution in [1.82, 2.24) is 4.98 Å². The normalized spacial score (nSPS) is 11.9. The van der Waals surface area contributed by atoms with Crippen LogP contribution in [0.15, 0.2) is 48.7 Å². The maximum atomic E-state index is 5.55. The number of rotatable bonds is 7. The number of nitrogens with zero attached hydrogens (tertiary/aromatic N) is 1. The lowest BCUT2D eigenvalue weighted by Gasteiger charge is -2.14. The second-order valence-electron chi connectivity index (χ2n) is 4.81. The lowest BCUT2D eigenvalue weighted by molar-refractivity contribution is 0.340. The molecule has 3 nitrogen and oxygen atoms in total. The third-order valence-corrected chi connectivity index (χ3v) is 3.31. The molecule has 106 valence electrons. The van der Waals surface area contributed by atoms with Gasteiger partial charge in [0, 0.05) is 12.7 Å². The molecule has 3 heteroatoms. The van der Waals surface area contributed by atoms with Crippen molar-refractivity contribution in [2.75, 3.05) is 18.5 Å². The zero-order valence-corrected chi connectivity index (χ0v) is 12.2. The number of ether oxygens (including phenoxy) is 1. The Bertz CT molecular complexity index is 513. The minimum absolute atomic E-state index is 0.531. The van der Waals surface area contributed by atoms with Gasteiger partial charge in [-0.2, -0.15) is 0 Å². The topological polar surface area (TPSA) is 34.1 Å². The first kappa shape index (κ1) is 14.4. The average molecular weight is 270 g/mol. The van der Waals surface area contributed by atoms with Crippen LogP contribution in [-0.4, -0.2) is 18.1 Å². The summed E-state index contributed by atoms with van der Waals surface area (Å²) in [5, 5.41) is 3.36. The Kier molecular flexibility index (Phi) is 5.42. The summed E-state index contributed by atoms with van der Waals surface area (Å²) in [5.41, 5.74) is 1.38. The van der Waals surface area contributed by atoms with Gasteiger partial charge >= 0.3 is 0 Å². The fourth-order valence-electron chi connectivity index (χ4n) is 2.15. The van der Waals surface area contributed by atoms with E-state index in [-0.39, 0.29) is 0 Å². The summed E-state index contributed by atoms with van der Waals surface area (Å²) in [6, 6.07) is 14.4. The van der Waals surface area contributed by atoms with Gasteiger partial charge in [0.25, 0.3) is 0 Å². The minimum Gasteiger partial charge on any atom is -0.490 e. The van der Waals surface area contributed by atoms with E-state index in [1.807, 2.05) is 19.1 Å². The fraction of sp³-hybridized carbons (Fsp3) is 0.353. The lowest BCUT2D eigenvalue weighted by Crippen LogP contribution is -2.08. The second kappa shape index (κ2) is 7.53. The summed E-state index contributed by atoms with van der Waals surface area (Å²) in [6.45, 7) is 5.76. The van der Waals surface area contributed by atoms with Gasteiger partial charge in [-0.1, -0.05) is 37.3 Å². The zero-order chi connectivity index (χ0) is 14.2. The van der Waals surface area contributed by atoms with Gasteiger partial charge < -0.3 is 10.1 Å². The van der Waals surface area contributed by atoms with Crippen LogP contribution >= 0.6 is 0 Å². The molecule has 2 aromatic rings. The van der Waals surface area contributed by atoms with Crippen molar-refractivity contribution in [3.8, 4) is 5.75 Å². The highest BCUT2D eigenvalue weighted by Gasteiger charge is 2.06. The van der Waals surface area contributed by atoms with Crippen LogP contribution in [-0.2, 0) is 0 Å². The number of benzene rings is 1. The Balaban J connectivity index is 1.87. The zero-order valence-electron chi connectivity index (χ0n) is 12.2. The smallest absolute Gasteiger partial charge is 0.168 e. The average Bonchev–Trinajstić information content (AvgIpc) is 2.50. The Morgan fingerprint density at radius 1 is 1.15 bits per heavy atom. The molecule has 1 unspecified atom stereocenters. The van der Waals surface area contributed by atoms with Crippen molar-refractivity contribution in [2.45, 2.75) is 26.2 Å². The third-order valence-electron chi connectivity index (χ3n) is 3.31. The van der Waals surface area contributed by atoms with Gasteiger partial charge in [-0.3, -0.25) is 0 Å². The van der Waals surface area contributed by atoms with Gasteiger partial charge in [-0.25, -0.2) is 4.98 Å². The van der Waals surface area contributed by atoms with E-state index < -0.39 is 0 Å². The number of anilines is 1. The lowest BCUT2D eigenvalue weighted by atomic mass is 9.98. The van der Waals surface area contributed by atoms with Crippen LogP contribution in [0.25, 0.3) is 0 Å². The van der Waals surface area contributed by atoms with Gasteiger partial charge in [-0.05, 0) is 37.0 Å². The summed E-state index contributed by atoms with van der Waals surface area (Å²) in [6.07, 6.45) is 2.84. The molecule has 1 aromatic heterocycles. The van der Waals surface area contributed by atoms with E-state index in [0.29, 0.717) is 12.5 Å². The van der Waals surface area contributed by atoms with Crippen LogP contribution in [0.4, 0.5) is 5.82 Å². The van der Waals surface area contributed by atoms with Gasteiger partial charge in [0.05, 0.1) is 6.61 Å². The van der Waals surface area contributed by atoms with Crippen molar-refractivity contribution in [3.63, 3.8) is 0 Å². The van der Waals surface area contributed by atoms with Crippen LogP contribution in [0.2, 0.25) is 0 Å². The van der Waals surface area contributed by atoms with Crippen LogP contribution < -0.4 is 10.1 Å². The number of hydrogen-bond donors (Lipinski definition) is 1. The predicted octanol–water partition coefficient (Wildman–Crippen LogP) is 4.09. The van der Waals surface area contributed by atoms with Crippen molar-refractivity contribution in [2.24, 2.45) is 0 Å². The summed E-state index contributed by atoms with van der Waals surface area (Å²) >= 11 is 0. The minimum atomic E-state index is 0.531. The maximum absolute atomic E-state index is 5.55. The highest BCUT2D eigenvalue weighted by molar-refractivity contribution is 5.49. The highest BCUT2D eigenvalue weighted by Crippen LogP contribution is 2.22. The van der Waals surface area contributed by atoms with Crippen LogP contribution in [0.3, 0.4) is 0 Å². The van der Waals surface area contributed by atoms with Gasteiger partial charge in [-0.15, -0.1) is 0 Å². The van der Waals surface area contributed by atoms with E-state index in [1.54, 1.807) is 6.20 Å². The predicted molar refractivity (Wildman–Crippen MR) is 83.4 cm³/mol. The van der Waals surface area contributed by atoms with Gasteiger partial charge in [0.1, 0.15) is 0 Å². The third kappa shape index (κ3) is 3.98. The van der Waals surface area contributed by atoms with E-state index >= 15 is 0 Å². The van der Waals surface area contributed by atoms with Crippen molar-refractivity contribution in [3.05, 3.63) is 54.2 Å². The monoisotopic (exact) mass is 270 g/mol. The number of hydrogen-bond acceptors (Lipinski definition) is 3. The number of nitrogens with one attached hydrogen (secondary N) is 1. The summed E-state index contributed by atoms with van der Waals surface area (Å²) in [7, 11) is 0. The molecule has 1 N–H and O–H groups in total. The number of aromatic nitrogens is 1. The maximum Gasteiger partial charge on any atom is 0.168 e. The molecule has 0 bridgehead atoms. The summed E-state index contributed by atoms with van der Waals surface area (Å²) in [4.78, 5) is 4.33. The van der Waals surface area contributed by atoms with Gasteiger partial charge in [0.2, 0.25) is 0 Å². The molecule has 1 aromatic carbocycles. The van der Waals surface area contributed by atoms with E-state index in [2.05, 4.69) is 47.6 Å². The molecule has 0 spiro atoms. The molecule has 0 aliphatic rings. The summed E-state index contributed by atoms with van der Waals surface area (Å²) < 4.78 is 5.55. The first-order valence-corrected chi connectivity index (χ1v) is 7.18. The molecule has 20 heavy (non-hydrogen) atoms. The fourth-order valence-corrected chi connectivity index (χ4v) is 2.15.